The Bertz CT molecular complexity index is 1410. The second kappa shape index (κ2) is 8.82. The third kappa shape index (κ3) is 4.54. The summed E-state index contributed by atoms with van der Waals surface area (Å²) >= 11 is 0. The summed E-state index contributed by atoms with van der Waals surface area (Å²) in [6, 6.07) is 7.28. The average Bonchev–Trinajstić information content (AvgIpc) is 3.20. The quantitative estimate of drug-likeness (QED) is 0.342. The van der Waals surface area contributed by atoms with Gasteiger partial charge < -0.3 is 14.6 Å². The number of nitrogens with zero attached hydrogens (tertiary/aromatic N) is 4. The monoisotopic (exact) mass is 429 g/mol. The molecule has 0 aliphatic carbocycles. The van der Waals surface area contributed by atoms with E-state index in [0.717, 1.165) is 16.6 Å². The van der Waals surface area contributed by atoms with Gasteiger partial charge >= 0.3 is 0 Å². The van der Waals surface area contributed by atoms with Crippen molar-refractivity contribution in [1.29, 1.82) is 0 Å². The molecule has 14 radical (unpaired) electrons. The fourth-order valence-corrected chi connectivity index (χ4v) is 3.42. The molecule has 4 rings (SSSR count). The maximum Gasteiger partial charge on any atom is 0.255 e. The fourth-order valence-electron chi connectivity index (χ4n) is 3.42. The average molecular weight is 428 g/mol. The van der Waals surface area contributed by atoms with Crippen molar-refractivity contribution in [2.24, 2.45) is 7.05 Å². The number of imidazole rings is 1. The van der Waals surface area contributed by atoms with Crippen LogP contribution in [0, 0.1) is 0 Å². The number of hydrogen-bond acceptors (Lipinski definition) is 5. The van der Waals surface area contributed by atoms with Crippen LogP contribution in [0.15, 0.2) is 36.8 Å². The number of anilines is 1. The molecular formula is C20H10B7N5O2. The fraction of sp³-hybridized carbons (Fsp3) is 0.100. The van der Waals surface area contributed by atoms with Crippen molar-refractivity contribution in [1.82, 2.24) is 19.7 Å². The lowest BCUT2D eigenvalue weighted by Crippen LogP contribution is -2.51. The molecule has 0 fully saturated rings. The second-order valence-corrected chi connectivity index (χ2v) is 7.66. The number of benzene rings is 2. The third-order valence-corrected chi connectivity index (χ3v) is 5.05. The summed E-state index contributed by atoms with van der Waals surface area (Å²) in [7, 11) is 42.2. The van der Waals surface area contributed by atoms with Gasteiger partial charge in [-0.1, -0.05) is 27.9 Å². The summed E-state index contributed by atoms with van der Waals surface area (Å²) in [5.74, 6) is -0.788. The number of ether oxygens (including phenoxy) is 1. The predicted octanol–water partition coefficient (Wildman–Crippen LogP) is -3.05. The molecule has 0 saturated heterocycles. The number of carbonyl (C=O) groups is 1. The lowest BCUT2D eigenvalue weighted by atomic mass is 9.52. The van der Waals surface area contributed by atoms with Crippen LogP contribution in [0.2, 0.25) is 0 Å². The Morgan fingerprint density at radius 3 is 2.26 bits per heavy atom. The lowest BCUT2D eigenvalue weighted by Gasteiger charge is -2.29. The van der Waals surface area contributed by atoms with Crippen molar-refractivity contribution in [3.05, 3.63) is 42.4 Å². The van der Waals surface area contributed by atoms with E-state index in [1.165, 1.54) is 0 Å². The van der Waals surface area contributed by atoms with Crippen LogP contribution in [0.1, 0.15) is 10.4 Å². The van der Waals surface area contributed by atoms with E-state index < -0.39 is 11.2 Å². The minimum Gasteiger partial charge on any atom is -0.517 e. The Labute approximate surface area is 205 Å². The van der Waals surface area contributed by atoms with E-state index >= 15 is 0 Å². The van der Waals surface area contributed by atoms with Crippen LogP contribution >= 0.6 is 0 Å². The maximum absolute atomic E-state index is 13.0. The number of aromatic nitrogens is 4. The first-order valence-corrected chi connectivity index (χ1v) is 9.83. The van der Waals surface area contributed by atoms with Crippen molar-refractivity contribution >= 4 is 99.4 Å². The smallest absolute Gasteiger partial charge is 0.255 e. The Morgan fingerprint density at radius 1 is 1.00 bits per heavy atom. The molecule has 34 heavy (non-hydrogen) atoms. The highest BCUT2D eigenvalue weighted by molar-refractivity contribution is 6.62. The van der Waals surface area contributed by atoms with Crippen LogP contribution in [0.3, 0.4) is 0 Å². The maximum atomic E-state index is 13.0. The van der Waals surface area contributed by atoms with E-state index in [1.54, 1.807) is 18.6 Å². The van der Waals surface area contributed by atoms with E-state index in [2.05, 4.69) is 20.5 Å². The van der Waals surface area contributed by atoms with Crippen LogP contribution in [0.4, 0.5) is 5.82 Å². The lowest BCUT2D eigenvalue weighted by molar-refractivity contribution is 0.102. The van der Waals surface area contributed by atoms with Gasteiger partial charge in [-0.3, -0.25) is 4.79 Å². The zero-order valence-electron chi connectivity index (χ0n) is 18.1. The highest BCUT2D eigenvalue weighted by Gasteiger charge is 2.22. The molecule has 1 N–H and O–H groups in total. The first-order valence-electron chi connectivity index (χ1n) is 9.83. The summed E-state index contributed by atoms with van der Waals surface area (Å²) in [6.45, 7) is 0. The standard InChI is InChI=1S/C20H10B7N5O2/c1-32-7-28-6-11(32)8-2-3-10-9(4-8)5-12(31-30-10)29-19(33)13-14(21)16(23)18(17(24)15(13)22)34-20(25,26)27/h2-7H,1H3,(H,29,31,33). The van der Waals surface area contributed by atoms with Gasteiger partial charge in [-0.2, -0.15) is 0 Å². The first kappa shape index (κ1) is 23.9. The molecule has 0 aliphatic heterocycles. The molecule has 2 aromatic carbocycles. The summed E-state index contributed by atoms with van der Waals surface area (Å²) in [5.41, 5.74) is 1.48. The van der Waals surface area contributed by atoms with Crippen molar-refractivity contribution in [3.8, 4) is 17.0 Å². The molecule has 0 spiro atoms. The van der Waals surface area contributed by atoms with Crippen molar-refractivity contribution in [3.63, 3.8) is 0 Å². The molecule has 0 aliphatic rings. The van der Waals surface area contributed by atoms with E-state index in [4.69, 9.17) is 59.7 Å². The summed E-state index contributed by atoms with van der Waals surface area (Å²) in [4.78, 5) is 17.1. The topological polar surface area (TPSA) is 81.9 Å². The van der Waals surface area contributed by atoms with Gasteiger partial charge in [0.15, 0.2) is 5.82 Å². The molecule has 2 heterocycles. The minimum atomic E-state index is -2.10. The van der Waals surface area contributed by atoms with Crippen LogP contribution in [-0.2, 0) is 7.05 Å². The van der Waals surface area contributed by atoms with Crippen LogP contribution in [-0.4, -0.2) is 85.9 Å². The normalized spacial score (nSPS) is 11.4. The van der Waals surface area contributed by atoms with Gasteiger partial charge in [0.25, 0.3) is 5.91 Å². The van der Waals surface area contributed by atoms with Crippen molar-refractivity contribution < 1.29 is 9.53 Å². The molecular weight excluding hydrogens is 418 g/mol. The second-order valence-electron chi connectivity index (χ2n) is 7.66. The van der Waals surface area contributed by atoms with Gasteiger partial charge in [0.1, 0.15) is 60.7 Å². The van der Waals surface area contributed by atoms with Gasteiger partial charge in [0, 0.05) is 23.6 Å². The summed E-state index contributed by atoms with van der Waals surface area (Å²) in [6.07, 6.45) is 3.45. The number of amides is 1. The van der Waals surface area contributed by atoms with Crippen molar-refractivity contribution in [2.75, 3.05) is 5.32 Å². The van der Waals surface area contributed by atoms with Crippen molar-refractivity contribution in [2.45, 2.75) is 5.30 Å². The summed E-state index contributed by atoms with van der Waals surface area (Å²) < 4.78 is 7.02. The minimum absolute atomic E-state index is 0.154. The van der Waals surface area contributed by atoms with Gasteiger partial charge in [0.2, 0.25) is 0 Å². The zero-order chi connectivity index (χ0) is 24.8. The Morgan fingerprint density at radius 2 is 1.68 bits per heavy atom. The number of rotatable bonds is 5. The zero-order valence-corrected chi connectivity index (χ0v) is 18.1. The Balaban J connectivity index is 1.68. The molecule has 1 amide bonds. The van der Waals surface area contributed by atoms with Crippen LogP contribution < -0.4 is 31.9 Å². The van der Waals surface area contributed by atoms with E-state index in [1.807, 2.05) is 29.8 Å². The Kier molecular flexibility index (Phi) is 6.19. The van der Waals surface area contributed by atoms with Crippen LogP contribution in [0.5, 0.6) is 5.75 Å². The largest absolute Gasteiger partial charge is 0.517 e. The molecule has 0 saturated carbocycles. The number of aryl methyl sites for hydroxylation is 1. The number of fused-ring (bicyclic) bond motifs is 1. The highest BCUT2D eigenvalue weighted by Crippen LogP contribution is 2.24. The summed E-state index contributed by atoms with van der Waals surface area (Å²) in [5, 5.41) is 9.42. The van der Waals surface area contributed by atoms with Gasteiger partial charge in [0.05, 0.1) is 23.7 Å². The van der Waals surface area contributed by atoms with E-state index in [9.17, 15) is 4.79 Å². The molecule has 4 aromatic rings. The molecule has 0 atom stereocenters. The third-order valence-electron chi connectivity index (χ3n) is 5.05. The number of carbonyl (C=O) groups excluding carboxylic acids is 1. The Hall–Kier alpha value is -3.29. The van der Waals surface area contributed by atoms with Gasteiger partial charge in [-0.15, -0.1) is 10.2 Å². The van der Waals surface area contributed by atoms with Crippen LogP contribution in [0.25, 0.3) is 22.2 Å². The first-order chi connectivity index (χ1) is 16.0. The van der Waals surface area contributed by atoms with Gasteiger partial charge in [-0.05, 0) is 23.5 Å². The van der Waals surface area contributed by atoms with E-state index in [-0.39, 0.29) is 39.0 Å². The SMILES string of the molecule is [B]c1c([B])c(C(=O)Nc2cc3cc(-c4cncn4C)ccc3nn2)c([B])c([B])c1OC([B])([B])[B]. The molecule has 7 nitrogen and oxygen atoms in total. The highest BCUT2D eigenvalue weighted by atomic mass is 16.5. The predicted molar refractivity (Wildman–Crippen MR) is 138 cm³/mol. The molecule has 2 aromatic heterocycles. The van der Waals surface area contributed by atoms with Gasteiger partial charge in [-0.25, -0.2) is 4.98 Å². The van der Waals surface area contributed by atoms with E-state index in [0.29, 0.717) is 5.52 Å². The number of hydrogen-bond donors (Lipinski definition) is 1. The molecule has 148 valence electrons. The molecule has 14 heteroatoms. The molecule has 0 unspecified atom stereocenters. The molecule has 0 bridgehead atoms. The number of nitrogens with one attached hydrogen (secondary N) is 1.